The summed E-state index contributed by atoms with van der Waals surface area (Å²) < 4.78 is 0. The van der Waals surface area contributed by atoms with Crippen LogP contribution in [-0.4, -0.2) is 36.0 Å². The number of hydrogen-bond donors (Lipinski definition) is 0. The number of nitro groups is 2. The summed E-state index contributed by atoms with van der Waals surface area (Å²) in [5.41, 5.74) is 1.44. The maximum Gasteiger partial charge on any atom is 0.270 e. The van der Waals surface area contributed by atoms with E-state index in [4.69, 9.17) is 0 Å². The molecule has 10 nitrogen and oxygen atoms in total. The summed E-state index contributed by atoms with van der Waals surface area (Å²) >= 11 is 0. The molecule has 0 bridgehead atoms. The van der Waals surface area contributed by atoms with Crippen LogP contribution in [0.25, 0.3) is 0 Å². The summed E-state index contributed by atoms with van der Waals surface area (Å²) in [5.74, 6) is 0. The zero-order valence-corrected chi connectivity index (χ0v) is 14.6. The monoisotopic (exact) mass is 378 g/mol. The Morgan fingerprint density at radius 3 is 1.39 bits per heavy atom. The van der Waals surface area contributed by atoms with Gasteiger partial charge in [-0.05, 0) is 12.1 Å². The lowest BCUT2D eigenvalue weighted by Gasteiger charge is -2.37. The van der Waals surface area contributed by atoms with E-state index in [2.05, 4.69) is 0 Å². The minimum atomic E-state index is -0.541. The van der Waals surface area contributed by atoms with Gasteiger partial charge in [0.05, 0.1) is 32.3 Å². The van der Waals surface area contributed by atoms with Crippen LogP contribution in [0, 0.1) is 42.9 Å². The van der Waals surface area contributed by atoms with Crippen LogP contribution in [0.2, 0.25) is 0 Å². The molecule has 0 radical (unpaired) electrons. The Hall–Kier alpha value is -4.18. The van der Waals surface area contributed by atoms with Gasteiger partial charge in [-0.1, -0.05) is 0 Å². The first-order chi connectivity index (χ1) is 13.4. The highest BCUT2D eigenvalue weighted by Crippen LogP contribution is 2.29. The summed E-state index contributed by atoms with van der Waals surface area (Å²) in [4.78, 5) is 24.6. The van der Waals surface area contributed by atoms with Crippen molar-refractivity contribution >= 4 is 22.7 Å². The van der Waals surface area contributed by atoms with Crippen LogP contribution in [0.4, 0.5) is 22.7 Å². The van der Waals surface area contributed by atoms with E-state index in [1.165, 1.54) is 24.3 Å². The Balaban J connectivity index is 1.79. The van der Waals surface area contributed by atoms with E-state index in [1.54, 1.807) is 12.1 Å². The Morgan fingerprint density at radius 2 is 1.11 bits per heavy atom. The third kappa shape index (κ3) is 3.52. The van der Waals surface area contributed by atoms with Crippen LogP contribution < -0.4 is 9.80 Å². The van der Waals surface area contributed by atoms with Gasteiger partial charge < -0.3 is 9.80 Å². The average molecular weight is 378 g/mol. The number of benzene rings is 2. The average Bonchev–Trinajstić information content (AvgIpc) is 2.72. The maximum absolute atomic E-state index is 10.9. The molecule has 1 aliphatic heterocycles. The van der Waals surface area contributed by atoms with E-state index in [-0.39, 0.29) is 22.5 Å². The Kier molecular flexibility index (Phi) is 5.05. The second-order valence-corrected chi connectivity index (χ2v) is 6.11. The number of nitrogens with zero attached hydrogens (tertiary/aromatic N) is 6. The van der Waals surface area contributed by atoms with Gasteiger partial charge >= 0.3 is 0 Å². The predicted molar refractivity (Wildman–Crippen MR) is 100 cm³/mol. The van der Waals surface area contributed by atoms with Gasteiger partial charge in [-0.25, -0.2) is 0 Å². The molecule has 140 valence electrons. The molecule has 0 N–H and O–H groups in total. The van der Waals surface area contributed by atoms with Crippen LogP contribution in [0.3, 0.4) is 0 Å². The van der Waals surface area contributed by atoms with Crippen molar-refractivity contribution in [3.8, 4) is 12.1 Å². The van der Waals surface area contributed by atoms with Crippen molar-refractivity contribution in [2.45, 2.75) is 0 Å². The van der Waals surface area contributed by atoms with Gasteiger partial charge in [0, 0.05) is 50.4 Å². The summed E-state index contributed by atoms with van der Waals surface area (Å²) in [7, 11) is 0. The Bertz CT molecular complexity index is 948. The van der Waals surface area contributed by atoms with Gasteiger partial charge in [0.2, 0.25) is 0 Å². The summed E-state index contributed by atoms with van der Waals surface area (Å²) in [6.45, 7) is 2.14. The van der Waals surface area contributed by atoms with E-state index in [0.717, 1.165) is 0 Å². The molecule has 28 heavy (non-hydrogen) atoms. The molecule has 2 aromatic carbocycles. The number of nitriles is 2. The number of nitro benzene ring substituents is 2. The molecule has 0 unspecified atom stereocenters. The van der Waals surface area contributed by atoms with Gasteiger partial charge in [-0.3, -0.25) is 20.2 Å². The van der Waals surface area contributed by atoms with E-state index >= 15 is 0 Å². The van der Waals surface area contributed by atoms with Crippen LogP contribution in [0.1, 0.15) is 11.1 Å². The molecule has 0 spiro atoms. The van der Waals surface area contributed by atoms with Gasteiger partial charge in [-0.15, -0.1) is 0 Å². The summed E-state index contributed by atoms with van der Waals surface area (Å²) in [6, 6.07) is 12.4. The lowest BCUT2D eigenvalue weighted by Crippen LogP contribution is -2.47. The smallest absolute Gasteiger partial charge is 0.270 e. The zero-order chi connectivity index (χ0) is 20.3. The second-order valence-electron chi connectivity index (χ2n) is 6.11. The molecule has 1 fully saturated rings. The molecule has 2 aromatic rings. The minimum absolute atomic E-state index is 0.136. The fourth-order valence-corrected chi connectivity index (χ4v) is 3.19. The lowest BCUT2D eigenvalue weighted by molar-refractivity contribution is -0.385. The number of anilines is 2. The van der Waals surface area contributed by atoms with Crippen molar-refractivity contribution in [3.05, 3.63) is 67.8 Å². The molecule has 1 heterocycles. The summed E-state index contributed by atoms with van der Waals surface area (Å²) in [5, 5.41) is 40.4. The first kappa shape index (κ1) is 18.6. The second kappa shape index (κ2) is 7.60. The van der Waals surface area contributed by atoms with Gasteiger partial charge in [-0.2, -0.15) is 10.5 Å². The molecule has 3 rings (SSSR count). The van der Waals surface area contributed by atoms with Gasteiger partial charge in [0.15, 0.2) is 0 Å². The highest BCUT2D eigenvalue weighted by molar-refractivity contribution is 5.66. The molecule has 0 amide bonds. The molecule has 10 heteroatoms. The standard InChI is InChI=1S/C18H14N6O4/c19-11-13-9-15(23(25)26)1-3-17(13)21-5-7-22(8-6-21)18-4-2-16(24(27)28)10-14(18)12-20/h1-4,9-10H,5-8H2. The van der Waals surface area contributed by atoms with Crippen molar-refractivity contribution in [1.82, 2.24) is 0 Å². The molecular formula is C18H14N6O4. The quantitative estimate of drug-likeness (QED) is 0.584. The van der Waals surface area contributed by atoms with Gasteiger partial charge in [0.1, 0.15) is 12.1 Å². The Labute approximate surface area is 159 Å². The highest BCUT2D eigenvalue weighted by Gasteiger charge is 2.23. The molecular weight excluding hydrogens is 364 g/mol. The van der Waals surface area contributed by atoms with Crippen molar-refractivity contribution in [2.75, 3.05) is 36.0 Å². The van der Waals surface area contributed by atoms with Crippen LogP contribution in [0.15, 0.2) is 36.4 Å². The highest BCUT2D eigenvalue weighted by atomic mass is 16.6. The fraction of sp³-hybridized carbons (Fsp3) is 0.222. The van der Waals surface area contributed by atoms with E-state index in [9.17, 15) is 30.8 Å². The van der Waals surface area contributed by atoms with Crippen molar-refractivity contribution in [2.24, 2.45) is 0 Å². The first-order valence-electron chi connectivity index (χ1n) is 8.31. The first-order valence-corrected chi connectivity index (χ1v) is 8.31. The normalized spacial score (nSPS) is 13.5. The molecule has 0 saturated carbocycles. The van der Waals surface area contributed by atoms with Crippen LogP contribution in [-0.2, 0) is 0 Å². The summed E-state index contributed by atoms with van der Waals surface area (Å²) in [6.07, 6.45) is 0. The SMILES string of the molecule is N#Cc1cc([N+](=O)[O-])ccc1N1CCN(c2ccc([N+](=O)[O-])cc2C#N)CC1. The molecule has 0 aliphatic carbocycles. The fourth-order valence-electron chi connectivity index (χ4n) is 3.19. The van der Waals surface area contributed by atoms with Crippen LogP contribution in [0.5, 0.6) is 0 Å². The molecule has 0 atom stereocenters. The van der Waals surface area contributed by atoms with E-state index < -0.39 is 9.85 Å². The van der Waals surface area contributed by atoms with E-state index in [1.807, 2.05) is 21.9 Å². The van der Waals surface area contributed by atoms with Crippen LogP contribution >= 0.6 is 0 Å². The third-order valence-corrected chi connectivity index (χ3v) is 4.58. The third-order valence-electron chi connectivity index (χ3n) is 4.58. The topological polar surface area (TPSA) is 140 Å². The van der Waals surface area contributed by atoms with Crippen molar-refractivity contribution in [1.29, 1.82) is 10.5 Å². The lowest BCUT2D eigenvalue weighted by atomic mass is 10.1. The number of hydrogen-bond acceptors (Lipinski definition) is 8. The largest absolute Gasteiger partial charge is 0.367 e. The number of non-ortho nitro benzene ring substituents is 2. The van der Waals surface area contributed by atoms with Crippen molar-refractivity contribution in [3.63, 3.8) is 0 Å². The van der Waals surface area contributed by atoms with Gasteiger partial charge in [0.25, 0.3) is 11.4 Å². The predicted octanol–water partition coefficient (Wildman–Crippen LogP) is 2.57. The van der Waals surface area contributed by atoms with E-state index in [0.29, 0.717) is 37.6 Å². The number of rotatable bonds is 4. The number of piperazine rings is 1. The molecule has 0 aromatic heterocycles. The minimum Gasteiger partial charge on any atom is -0.367 e. The zero-order valence-electron chi connectivity index (χ0n) is 14.6. The molecule has 1 aliphatic rings. The maximum atomic E-state index is 10.9. The molecule has 1 saturated heterocycles. The van der Waals surface area contributed by atoms with Crippen molar-refractivity contribution < 1.29 is 9.85 Å². The Morgan fingerprint density at radius 1 is 0.750 bits per heavy atom.